The first-order valence-corrected chi connectivity index (χ1v) is 8.75. The number of nitrogens with zero attached hydrogens (tertiary/aromatic N) is 1. The summed E-state index contributed by atoms with van der Waals surface area (Å²) in [6.07, 6.45) is 0.101. The van der Waals surface area contributed by atoms with Crippen LogP contribution in [0.5, 0.6) is 0 Å². The third kappa shape index (κ3) is 5.63. The zero-order valence-electron chi connectivity index (χ0n) is 12.8. The summed E-state index contributed by atoms with van der Waals surface area (Å²) in [5, 5.41) is 5.57. The lowest BCUT2D eigenvalue weighted by molar-refractivity contribution is -0.122. The number of rotatable bonds is 6. The van der Waals surface area contributed by atoms with Crippen molar-refractivity contribution >= 4 is 50.4 Å². The third-order valence-corrected chi connectivity index (χ3v) is 4.65. The largest absolute Gasteiger partial charge is 0.382 e. The summed E-state index contributed by atoms with van der Waals surface area (Å²) < 4.78 is 5.95. The molecule has 1 aromatic rings. The first-order chi connectivity index (χ1) is 11.0. The van der Waals surface area contributed by atoms with E-state index in [0.717, 1.165) is 4.47 Å². The van der Waals surface area contributed by atoms with E-state index in [4.69, 9.17) is 4.74 Å². The summed E-state index contributed by atoms with van der Waals surface area (Å²) >= 11 is 4.62. The van der Waals surface area contributed by atoms with Gasteiger partial charge in [0.2, 0.25) is 11.8 Å². The molecule has 0 spiro atoms. The van der Waals surface area contributed by atoms with Gasteiger partial charge < -0.3 is 15.4 Å². The number of anilines is 1. The topological polar surface area (TPSA) is 79.8 Å². The molecule has 2 amide bonds. The lowest BCUT2D eigenvalue weighted by Gasteiger charge is -2.07. The van der Waals surface area contributed by atoms with Crippen molar-refractivity contribution in [1.29, 1.82) is 0 Å². The summed E-state index contributed by atoms with van der Waals surface area (Å²) in [7, 11) is 1.60. The van der Waals surface area contributed by atoms with Gasteiger partial charge in [-0.15, -0.1) is 0 Å². The van der Waals surface area contributed by atoms with Crippen LogP contribution in [0.3, 0.4) is 0 Å². The first-order valence-electron chi connectivity index (χ1n) is 7.07. The number of aliphatic imine (C=N–C) groups is 1. The molecule has 2 unspecified atom stereocenters. The van der Waals surface area contributed by atoms with Crippen molar-refractivity contribution in [3.63, 3.8) is 0 Å². The molecule has 8 heteroatoms. The summed E-state index contributed by atoms with van der Waals surface area (Å²) in [6.45, 7) is 2.38. The molecule has 2 N–H and O–H groups in total. The van der Waals surface area contributed by atoms with Crippen LogP contribution < -0.4 is 10.6 Å². The van der Waals surface area contributed by atoms with Crippen LogP contribution in [0.4, 0.5) is 5.69 Å². The van der Waals surface area contributed by atoms with Crippen LogP contribution in [-0.2, 0) is 14.3 Å². The Morgan fingerprint density at radius 1 is 1.48 bits per heavy atom. The number of thioether (sulfide) groups is 1. The monoisotopic (exact) mass is 399 g/mol. The third-order valence-electron chi connectivity index (χ3n) is 3.02. The Morgan fingerprint density at radius 2 is 2.17 bits per heavy atom. The highest BCUT2D eigenvalue weighted by atomic mass is 79.9. The van der Waals surface area contributed by atoms with E-state index in [1.807, 2.05) is 19.1 Å². The molecule has 0 aliphatic carbocycles. The number of halogens is 1. The van der Waals surface area contributed by atoms with Crippen LogP contribution in [-0.4, -0.2) is 42.0 Å². The molecule has 124 valence electrons. The molecule has 2 atom stereocenters. The number of amides is 2. The van der Waals surface area contributed by atoms with Crippen LogP contribution in [0, 0.1) is 0 Å². The highest BCUT2D eigenvalue weighted by Crippen LogP contribution is 2.23. The average Bonchev–Trinajstić information content (AvgIpc) is 2.81. The van der Waals surface area contributed by atoms with E-state index >= 15 is 0 Å². The van der Waals surface area contributed by atoms with E-state index in [0.29, 0.717) is 17.5 Å². The zero-order chi connectivity index (χ0) is 16.8. The van der Waals surface area contributed by atoms with Gasteiger partial charge in [-0.05, 0) is 31.2 Å². The molecule has 1 fully saturated rings. The molecular formula is C15H18BrN3O3S. The Kier molecular flexibility index (Phi) is 6.61. The van der Waals surface area contributed by atoms with Crippen LogP contribution in [0.1, 0.15) is 13.3 Å². The van der Waals surface area contributed by atoms with Gasteiger partial charge in [-0.2, -0.15) is 0 Å². The maximum Gasteiger partial charge on any atom is 0.240 e. The highest BCUT2D eigenvalue weighted by Gasteiger charge is 2.32. The molecule has 1 aliphatic rings. The fourth-order valence-electron chi connectivity index (χ4n) is 1.99. The van der Waals surface area contributed by atoms with E-state index < -0.39 is 5.25 Å². The number of hydrogen-bond acceptors (Lipinski definition) is 5. The van der Waals surface area contributed by atoms with Gasteiger partial charge >= 0.3 is 0 Å². The van der Waals surface area contributed by atoms with Crippen LogP contribution in [0.15, 0.2) is 33.7 Å². The number of benzene rings is 1. The standard InChI is InChI=1S/C15H18BrN3O3S/c1-9(8-22-2)17-15-19-14(21)12(23-15)7-13(20)18-11-5-3-10(16)4-6-11/h3-6,9,12H,7-8H2,1-2H3,(H,18,20)(H,17,19,21). The van der Waals surface area contributed by atoms with Crippen LogP contribution in [0.25, 0.3) is 0 Å². The second-order valence-electron chi connectivity index (χ2n) is 5.09. The summed E-state index contributed by atoms with van der Waals surface area (Å²) in [6, 6.07) is 7.23. The van der Waals surface area contributed by atoms with E-state index in [9.17, 15) is 9.59 Å². The minimum Gasteiger partial charge on any atom is -0.382 e. The average molecular weight is 400 g/mol. The number of amidine groups is 1. The quantitative estimate of drug-likeness (QED) is 0.769. The fraction of sp³-hybridized carbons (Fsp3) is 0.400. The molecule has 1 aliphatic heterocycles. The maximum atomic E-state index is 12.1. The second kappa shape index (κ2) is 8.47. The lowest BCUT2D eigenvalue weighted by Crippen LogP contribution is -2.28. The van der Waals surface area contributed by atoms with E-state index in [1.54, 1.807) is 19.2 Å². The Morgan fingerprint density at radius 3 is 2.83 bits per heavy atom. The van der Waals surface area contributed by atoms with Gasteiger partial charge in [0.15, 0.2) is 5.17 Å². The van der Waals surface area contributed by atoms with E-state index in [1.165, 1.54) is 11.8 Å². The smallest absolute Gasteiger partial charge is 0.240 e. The van der Waals surface area contributed by atoms with Crippen LogP contribution in [0.2, 0.25) is 0 Å². The molecule has 0 aromatic heterocycles. The predicted molar refractivity (Wildman–Crippen MR) is 95.7 cm³/mol. The van der Waals surface area contributed by atoms with Gasteiger partial charge in [0.1, 0.15) is 5.25 Å². The Bertz CT molecular complexity index is 606. The molecule has 1 aromatic carbocycles. The number of methoxy groups -OCH3 is 1. The van der Waals surface area contributed by atoms with Crippen molar-refractivity contribution in [2.24, 2.45) is 4.99 Å². The summed E-state index contributed by atoms with van der Waals surface area (Å²) in [5.41, 5.74) is 0.698. The van der Waals surface area contributed by atoms with Crippen molar-refractivity contribution in [3.05, 3.63) is 28.7 Å². The minimum absolute atomic E-state index is 0.0434. The molecule has 2 rings (SSSR count). The Balaban J connectivity index is 1.88. The number of carbonyl (C=O) groups is 2. The van der Waals surface area contributed by atoms with Gasteiger partial charge in [-0.1, -0.05) is 27.7 Å². The van der Waals surface area contributed by atoms with Crippen molar-refractivity contribution in [2.45, 2.75) is 24.6 Å². The van der Waals surface area contributed by atoms with Crippen molar-refractivity contribution in [3.8, 4) is 0 Å². The van der Waals surface area contributed by atoms with Gasteiger partial charge in [-0.25, -0.2) is 0 Å². The number of ether oxygens (including phenoxy) is 1. The van der Waals surface area contributed by atoms with Gasteiger partial charge in [-0.3, -0.25) is 14.6 Å². The first kappa shape index (κ1) is 18.0. The zero-order valence-corrected chi connectivity index (χ0v) is 15.2. The summed E-state index contributed by atoms with van der Waals surface area (Å²) in [5.74, 6) is -0.393. The Hall–Kier alpha value is -1.38. The molecule has 0 radical (unpaired) electrons. The maximum absolute atomic E-state index is 12.1. The van der Waals surface area contributed by atoms with Crippen molar-refractivity contribution < 1.29 is 14.3 Å². The van der Waals surface area contributed by atoms with Gasteiger partial charge in [0.25, 0.3) is 0 Å². The number of hydrogen-bond donors (Lipinski definition) is 2. The Labute approximate surface area is 147 Å². The van der Waals surface area contributed by atoms with Gasteiger partial charge in [0.05, 0.1) is 12.6 Å². The lowest BCUT2D eigenvalue weighted by atomic mass is 10.2. The van der Waals surface area contributed by atoms with Crippen LogP contribution >= 0.6 is 27.7 Å². The molecule has 23 heavy (non-hydrogen) atoms. The fourth-order valence-corrected chi connectivity index (χ4v) is 3.33. The van der Waals surface area contributed by atoms with E-state index in [-0.39, 0.29) is 24.3 Å². The molecule has 1 heterocycles. The molecule has 0 saturated carbocycles. The minimum atomic E-state index is -0.459. The molecule has 0 bridgehead atoms. The molecule has 6 nitrogen and oxygen atoms in total. The van der Waals surface area contributed by atoms with Crippen molar-refractivity contribution in [1.82, 2.24) is 5.32 Å². The molecule has 1 saturated heterocycles. The number of carbonyl (C=O) groups excluding carboxylic acids is 2. The highest BCUT2D eigenvalue weighted by molar-refractivity contribution is 9.10. The van der Waals surface area contributed by atoms with Crippen molar-refractivity contribution in [2.75, 3.05) is 19.0 Å². The second-order valence-corrected chi connectivity index (χ2v) is 7.20. The van der Waals surface area contributed by atoms with Gasteiger partial charge in [0, 0.05) is 23.7 Å². The predicted octanol–water partition coefficient (Wildman–Crippen LogP) is 2.40. The summed E-state index contributed by atoms with van der Waals surface area (Å²) in [4.78, 5) is 28.3. The SMILES string of the molecule is COCC(C)N=C1NC(=O)C(CC(=O)Nc2ccc(Br)cc2)S1. The molecular weight excluding hydrogens is 382 g/mol. The number of nitrogens with one attached hydrogen (secondary N) is 2. The normalized spacial score (nSPS) is 20.4. The van der Waals surface area contributed by atoms with E-state index in [2.05, 4.69) is 31.6 Å².